The van der Waals surface area contributed by atoms with E-state index >= 15 is 0 Å². The monoisotopic (exact) mass is 268 g/mol. The lowest BCUT2D eigenvalue weighted by atomic mass is 9.99. The lowest BCUT2D eigenvalue weighted by molar-refractivity contribution is 0.267. The third kappa shape index (κ3) is 2.92. The molecule has 3 heteroatoms. The molecule has 0 aliphatic carbocycles. The number of hydrogen-bond acceptors (Lipinski definition) is 3. The minimum Gasteiger partial charge on any atom is -0.396 e. The van der Waals surface area contributed by atoms with Crippen LogP contribution in [-0.2, 0) is 0 Å². The number of nitrogens with zero attached hydrogens (tertiary/aromatic N) is 1. The zero-order valence-electron chi connectivity index (χ0n) is 11.9. The third-order valence-electron chi connectivity index (χ3n) is 3.63. The number of anilines is 1. The Kier molecular flexibility index (Phi) is 4.60. The molecule has 2 aromatic carbocycles. The molecular weight excluding hydrogens is 248 g/mol. The number of aliphatic hydroxyl groups excluding tert-OH is 1. The van der Waals surface area contributed by atoms with Crippen molar-refractivity contribution in [2.24, 2.45) is 5.92 Å². The van der Waals surface area contributed by atoms with Crippen LogP contribution < -0.4 is 5.32 Å². The lowest BCUT2D eigenvalue weighted by Crippen LogP contribution is -2.26. The normalized spacial score (nSPS) is 12.3. The SMILES string of the molecule is CC(C)C(CCO)Nc1ccc(C#N)c2ccccc12. The first-order valence-electron chi connectivity index (χ1n) is 6.96. The van der Waals surface area contributed by atoms with Crippen molar-refractivity contribution >= 4 is 16.5 Å². The third-order valence-corrected chi connectivity index (χ3v) is 3.63. The Bertz CT molecular complexity index is 628. The van der Waals surface area contributed by atoms with Crippen molar-refractivity contribution in [1.82, 2.24) is 0 Å². The first-order chi connectivity index (χ1) is 9.67. The van der Waals surface area contributed by atoms with Gasteiger partial charge in [-0.1, -0.05) is 38.1 Å². The number of nitrogens with one attached hydrogen (secondary N) is 1. The molecule has 2 N–H and O–H groups in total. The summed E-state index contributed by atoms with van der Waals surface area (Å²) in [6.45, 7) is 4.45. The van der Waals surface area contributed by atoms with Crippen molar-refractivity contribution in [2.75, 3.05) is 11.9 Å². The standard InChI is InChI=1S/C17H20N2O/c1-12(2)16(9-10-20)19-17-8-7-13(11-18)14-5-3-4-6-15(14)17/h3-8,12,16,19-20H,9-10H2,1-2H3. The molecule has 0 bridgehead atoms. The molecule has 3 nitrogen and oxygen atoms in total. The van der Waals surface area contributed by atoms with Crippen LogP contribution in [0, 0.1) is 17.2 Å². The fraction of sp³-hybridized carbons (Fsp3) is 0.353. The van der Waals surface area contributed by atoms with Gasteiger partial charge in [0.1, 0.15) is 0 Å². The molecule has 0 aliphatic rings. The Hall–Kier alpha value is -2.05. The molecule has 0 aromatic heterocycles. The summed E-state index contributed by atoms with van der Waals surface area (Å²) in [4.78, 5) is 0. The van der Waals surface area contributed by atoms with Crippen molar-refractivity contribution in [2.45, 2.75) is 26.3 Å². The summed E-state index contributed by atoms with van der Waals surface area (Å²) in [7, 11) is 0. The summed E-state index contributed by atoms with van der Waals surface area (Å²) < 4.78 is 0. The van der Waals surface area contributed by atoms with Crippen molar-refractivity contribution in [3.05, 3.63) is 42.0 Å². The minimum absolute atomic E-state index is 0.171. The average Bonchev–Trinajstić information content (AvgIpc) is 2.46. The molecule has 104 valence electrons. The molecule has 2 rings (SSSR count). The molecular formula is C17H20N2O. The molecule has 0 heterocycles. The van der Waals surface area contributed by atoms with Crippen molar-refractivity contribution < 1.29 is 5.11 Å². The zero-order valence-corrected chi connectivity index (χ0v) is 11.9. The maximum atomic E-state index is 9.18. The average molecular weight is 268 g/mol. The Morgan fingerprint density at radius 3 is 2.45 bits per heavy atom. The molecule has 0 fully saturated rings. The molecule has 1 unspecified atom stereocenters. The highest BCUT2D eigenvalue weighted by Crippen LogP contribution is 2.28. The van der Waals surface area contributed by atoms with Crippen molar-refractivity contribution in [3.63, 3.8) is 0 Å². The van der Waals surface area contributed by atoms with Gasteiger partial charge in [0.15, 0.2) is 0 Å². The van der Waals surface area contributed by atoms with Crippen LogP contribution in [0.4, 0.5) is 5.69 Å². The zero-order chi connectivity index (χ0) is 14.5. The Balaban J connectivity index is 2.43. The van der Waals surface area contributed by atoms with Gasteiger partial charge in [-0.05, 0) is 24.5 Å². The van der Waals surface area contributed by atoms with Gasteiger partial charge in [-0.15, -0.1) is 0 Å². The first kappa shape index (κ1) is 14.4. The molecule has 20 heavy (non-hydrogen) atoms. The second-order valence-electron chi connectivity index (χ2n) is 5.33. The van der Waals surface area contributed by atoms with Gasteiger partial charge in [-0.25, -0.2) is 0 Å². The Morgan fingerprint density at radius 1 is 1.15 bits per heavy atom. The van der Waals surface area contributed by atoms with E-state index in [4.69, 9.17) is 0 Å². The van der Waals surface area contributed by atoms with E-state index in [9.17, 15) is 10.4 Å². The van der Waals surface area contributed by atoms with Crippen molar-refractivity contribution in [1.29, 1.82) is 5.26 Å². The van der Waals surface area contributed by atoms with Crippen LogP contribution in [-0.4, -0.2) is 17.8 Å². The Labute approximate surface area is 119 Å². The predicted octanol–water partition coefficient (Wildman–Crippen LogP) is 3.53. The first-order valence-corrected chi connectivity index (χ1v) is 6.96. The minimum atomic E-state index is 0.171. The van der Waals surface area contributed by atoms with Gasteiger partial charge in [-0.2, -0.15) is 5.26 Å². The van der Waals surface area contributed by atoms with Crippen LogP contribution in [0.15, 0.2) is 36.4 Å². The summed E-state index contributed by atoms with van der Waals surface area (Å²) in [6, 6.07) is 14.2. The quantitative estimate of drug-likeness (QED) is 0.872. The van der Waals surface area contributed by atoms with E-state index in [1.807, 2.05) is 36.4 Å². The Morgan fingerprint density at radius 2 is 1.85 bits per heavy atom. The predicted molar refractivity (Wildman–Crippen MR) is 82.6 cm³/mol. The summed E-state index contributed by atoms with van der Waals surface area (Å²) in [5.74, 6) is 0.427. The maximum absolute atomic E-state index is 9.18. The van der Waals surface area contributed by atoms with Crippen LogP contribution in [0.3, 0.4) is 0 Å². The van der Waals surface area contributed by atoms with E-state index in [-0.39, 0.29) is 12.6 Å². The van der Waals surface area contributed by atoms with Gasteiger partial charge >= 0.3 is 0 Å². The highest BCUT2D eigenvalue weighted by atomic mass is 16.3. The summed E-state index contributed by atoms with van der Waals surface area (Å²) in [5.41, 5.74) is 1.71. The smallest absolute Gasteiger partial charge is 0.0998 e. The van der Waals surface area contributed by atoms with Crippen LogP contribution in [0.5, 0.6) is 0 Å². The second kappa shape index (κ2) is 6.40. The molecule has 0 saturated heterocycles. The largest absolute Gasteiger partial charge is 0.396 e. The fourth-order valence-electron chi connectivity index (χ4n) is 2.43. The fourth-order valence-corrected chi connectivity index (χ4v) is 2.43. The number of aliphatic hydroxyl groups is 1. The van der Waals surface area contributed by atoms with E-state index in [1.165, 1.54) is 0 Å². The highest BCUT2D eigenvalue weighted by molar-refractivity contribution is 5.97. The number of rotatable bonds is 5. The van der Waals surface area contributed by atoms with Crippen LogP contribution >= 0.6 is 0 Å². The van der Waals surface area contributed by atoms with Gasteiger partial charge in [-0.3, -0.25) is 0 Å². The van der Waals surface area contributed by atoms with Gasteiger partial charge in [0.05, 0.1) is 11.6 Å². The van der Waals surface area contributed by atoms with E-state index in [1.54, 1.807) is 0 Å². The highest BCUT2D eigenvalue weighted by Gasteiger charge is 2.14. The summed E-state index contributed by atoms with van der Waals surface area (Å²) in [5, 5.41) is 23.9. The van der Waals surface area contributed by atoms with Gasteiger partial charge in [0, 0.05) is 29.1 Å². The molecule has 0 aliphatic heterocycles. The molecule has 0 saturated carbocycles. The molecule has 0 spiro atoms. The number of fused-ring (bicyclic) bond motifs is 1. The van der Waals surface area contributed by atoms with Gasteiger partial charge in [0.25, 0.3) is 0 Å². The van der Waals surface area contributed by atoms with Gasteiger partial charge < -0.3 is 10.4 Å². The molecule has 0 radical (unpaired) electrons. The van der Waals surface area contributed by atoms with Crippen LogP contribution in [0.25, 0.3) is 10.8 Å². The second-order valence-corrected chi connectivity index (χ2v) is 5.33. The molecule has 0 amide bonds. The molecule has 2 aromatic rings. The lowest BCUT2D eigenvalue weighted by Gasteiger charge is -2.24. The number of hydrogen-bond donors (Lipinski definition) is 2. The number of nitriles is 1. The van der Waals surface area contributed by atoms with E-state index in [0.717, 1.165) is 16.5 Å². The van der Waals surface area contributed by atoms with Crippen molar-refractivity contribution in [3.8, 4) is 6.07 Å². The number of benzene rings is 2. The van der Waals surface area contributed by atoms with E-state index in [2.05, 4.69) is 25.2 Å². The van der Waals surface area contributed by atoms with Crippen LogP contribution in [0.2, 0.25) is 0 Å². The topological polar surface area (TPSA) is 56.0 Å². The maximum Gasteiger partial charge on any atom is 0.0998 e. The summed E-state index contributed by atoms with van der Waals surface area (Å²) in [6.07, 6.45) is 0.714. The molecule has 1 atom stereocenters. The van der Waals surface area contributed by atoms with E-state index in [0.29, 0.717) is 17.9 Å². The van der Waals surface area contributed by atoms with E-state index < -0.39 is 0 Å². The van der Waals surface area contributed by atoms with Crippen LogP contribution in [0.1, 0.15) is 25.8 Å². The summed E-state index contributed by atoms with van der Waals surface area (Å²) >= 11 is 0. The van der Waals surface area contributed by atoms with Gasteiger partial charge in [0.2, 0.25) is 0 Å².